The fraction of sp³-hybridized carbons (Fsp3) is 0.316. The Bertz CT molecular complexity index is 1020. The van der Waals surface area contributed by atoms with Crippen LogP contribution in [0, 0.1) is 28.4 Å². The van der Waals surface area contributed by atoms with Crippen LogP contribution in [0.3, 0.4) is 0 Å². The second-order valence-electron chi connectivity index (χ2n) is 6.51. The zero-order valence-electron chi connectivity index (χ0n) is 15.6. The number of sulfonamides is 1. The maximum atomic E-state index is 13.0. The van der Waals surface area contributed by atoms with Crippen LogP contribution in [0.2, 0.25) is 0 Å². The van der Waals surface area contributed by atoms with Gasteiger partial charge >= 0.3 is 0 Å². The van der Waals surface area contributed by atoms with Gasteiger partial charge in [-0.2, -0.15) is 5.26 Å². The Labute approximate surface area is 159 Å². The van der Waals surface area contributed by atoms with Crippen LogP contribution < -0.4 is 4.31 Å². The summed E-state index contributed by atoms with van der Waals surface area (Å²) in [4.78, 5) is 10.2. The number of para-hydroxylation sites is 1. The second kappa shape index (κ2) is 7.76. The molecule has 7 nitrogen and oxygen atoms in total. The Balaban J connectivity index is 2.65. The molecular weight excluding hydrogens is 366 g/mol. The number of nitro benzene ring substituents is 1. The number of nitro groups is 1. The number of hydrogen-bond donors (Lipinski definition) is 0. The van der Waals surface area contributed by atoms with Gasteiger partial charge in [0.15, 0.2) is 4.90 Å². The molecule has 0 N–H and O–H groups in total. The lowest BCUT2D eigenvalue weighted by Crippen LogP contribution is -2.27. The molecule has 0 spiro atoms. The summed E-state index contributed by atoms with van der Waals surface area (Å²) in [5.41, 5.74) is 2.52. The number of anilines is 1. The van der Waals surface area contributed by atoms with Crippen LogP contribution in [0.5, 0.6) is 0 Å². The standard InChI is InChI=1S/C19H21N3O4S/c1-13(2)17-12-16(11-15(9-10-20)14(17)3)21(4)27(25,26)19-8-6-5-7-18(19)22(23)24/h5-8,11-13H,9H2,1-4H3. The van der Waals surface area contributed by atoms with Gasteiger partial charge in [0.25, 0.3) is 15.7 Å². The van der Waals surface area contributed by atoms with Gasteiger partial charge in [-0.25, -0.2) is 8.42 Å². The largest absolute Gasteiger partial charge is 0.289 e. The summed E-state index contributed by atoms with van der Waals surface area (Å²) in [5.74, 6) is 0.129. The minimum absolute atomic E-state index is 0.129. The molecule has 0 unspecified atom stereocenters. The van der Waals surface area contributed by atoms with Gasteiger partial charge in [0.1, 0.15) is 0 Å². The molecule has 0 aliphatic heterocycles. The van der Waals surface area contributed by atoms with Gasteiger partial charge in [0.2, 0.25) is 0 Å². The predicted octanol–water partition coefficient (Wildman–Crippen LogP) is 3.92. The van der Waals surface area contributed by atoms with Gasteiger partial charge in [0.05, 0.1) is 23.1 Å². The van der Waals surface area contributed by atoms with Crippen molar-refractivity contribution in [3.05, 3.63) is 63.2 Å². The van der Waals surface area contributed by atoms with E-state index in [2.05, 4.69) is 6.07 Å². The smallest absolute Gasteiger partial charge is 0.269 e. The number of nitriles is 1. The van der Waals surface area contributed by atoms with Gasteiger partial charge in [-0.05, 0) is 47.7 Å². The van der Waals surface area contributed by atoms with Crippen molar-refractivity contribution in [2.24, 2.45) is 0 Å². The van der Waals surface area contributed by atoms with Crippen molar-refractivity contribution in [2.45, 2.75) is 38.0 Å². The van der Waals surface area contributed by atoms with Gasteiger partial charge in [-0.1, -0.05) is 26.0 Å². The molecule has 0 heterocycles. The average molecular weight is 387 g/mol. The molecule has 0 aliphatic rings. The van der Waals surface area contributed by atoms with Crippen LogP contribution in [0.1, 0.15) is 36.5 Å². The molecule has 0 saturated carbocycles. The SMILES string of the molecule is Cc1c(CC#N)cc(N(C)S(=O)(=O)c2ccccc2[N+](=O)[O-])cc1C(C)C. The molecule has 0 aliphatic carbocycles. The number of nitrogens with zero attached hydrogens (tertiary/aromatic N) is 3. The van der Waals surface area contributed by atoms with Crippen molar-refractivity contribution in [3.8, 4) is 6.07 Å². The summed E-state index contributed by atoms with van der Waals surface area (Å²) in [6.07, 6.45) is 0.152. The average Bonchev–Trinajstić information content (AvgIpc) is 2.62. The van der Waals surface area contributed by atoms with Crippen molar-refractivity contribution in [3.63, 3.8) is 0 Å². The molecule has 142 valence electrons. The molecule has 0 amide bonds. The highest BCUT2D eigenvalue weighted by Gasteiger charge is 2.30. The molecular formula is C19H21N3O4S. The molecule has 0 bridgehead atoms. The Hall–Kier alpha value is -2.92. The maximum Gasteiger partial charge on any atom is 0.289 e. The van der Waals surface area contributed by atoms with E-state index in [1.54, 1.807) is 12.1 Å². The summed E-state index contributed by atoms with van der Waals surface area (Å²) in [7, 11) is -2.79. The van der Waals surface area contributed by atoms with Crippen LogP contribution in [-0.2, 0) is 16.4 Å². The summed E-state index contributed by atoms with van der Waals surface area (Å²) in [6, 6.07) is 10.8. The minimum Gasteiger partial charge on any atom is -0.269 e. The summed E-state index contributed by atoms with van der Waals surface area (Å²) < 4.78 is 27.1. The first-order valence-electron chi connectivity index (χ1n) is 8.34. The highest BCUT2D eigenvalue weighted by molar-refractivity contribution is 7.93. The van der Waals surface area contributed by atoms with E-state index < -0.39 is 20.6 Å². The van der Waals surface area contributed by atoms with E-state index in [1.165, 1.54) is 25.2 Å². The molecule has 0 aromatic heterocycles. The molecule has 0 fully saturated rings. The van der Waals surface area contributed by atoms with Crippen molar-refractivity contribution in [1.29, 1.82) is 5.26 Å². The van der Waals surface area contributed by atoms with E-state index in [0.29, 0.717) is 5.69 Å². The van der Waals surface area contributed by atoms with E-state index in [9.17, 15) is 18.5 Å². The summed E-state index contributed by atoms with van der Waals surface area (Å²) in [5, 5.41) is 20.3. The molecule has 8 heteroatoms. The van der Waals surface area contributed by atoms with E-state index in [1.807, 2.05) is 20.8 Å². The fourth-order valence-electron chi connectivity index (χ4n) is 2.94. The monoisotopic (exact) mass is 387 g/mol. The first-order chi connectivity index (χ1) is 12.6. The van der Waals surface area contributed by atoms with Crippen LogP contribution in [0.15, 0.2) is 41.3 Å². The summed E-state index contributed by atoms with van der Waals surface area (Å²) >= 11 is 0. The maximum absolute atomic E-state index is 13.0. The highest BCUT2D eigenvalue weighted by Crippen LogP contribution is 2.33. The molecule has 0 radical (unpaired) electrons. The highest BCUT2D eigenvalue weighted by atomic mass is 32.2. The van der Waals surface area contributed by atoms with Crippen LogP contribution in [-0.4, -0.2) is 20.4 Å². The molecule has 0 atom stereocenters. The van der Waals surface area contributed by atoms with E-state index in [4.69, 9.17) is 5.26 Å². The molecule has 27 heavy (non-hydrogen) atoms. The normalized spacial score (nSPS) is 11.3. The van der Waals surface area contributed by atoms with Gasteiger partial charge in [-0.3, -0.25) is 14.4 Å². The van der Waals surface area contributed by atoms with Gasteiger partial charge in [-0.15, -0.1) is 0 Å². The third-order valence-corrected chi connectivity index (χ3v) is 6.33. The first kappa shape index (κ1) is 20.4. The fourth-order valence-corrected chi connectivity index (χ4v) is 4.28. The van der Waals surface area contributed by atoms with Crippen molar-refractivity contribution < 1.29 is 13.3 Å². The lowest BCUT2D eigenvalue weighted by atomic mass is 9.92. The lowest BCUT2D eigenvalue weighted by Gasteiger charge is -2.23. The molecule has 0 saturated heterocycles. The van der Waals surface area contributed by atoms with E-state index in [0.717, 1.165) is 27.1 Å². The second-order valence-corrected chi connectivity index (χ2v) is 8.44. The lowest BCUT2D eigenvalue weighted by molar-refractivity contribution is -0.387. The van der Waals surface area contributed by atoms with E-state index in [-0.39, 0.29) is 17.2 Å². The summed E-state index contributed by atoms with van der Waals surface area (Å²) in [6.45, 7) is 5.87. The Morgan fingerprint density at radius 1 is 1.26 bits per heavy atom. The third kappa shape index (κ3) is 3.93. The Morgan fingerprint density at radius 3 is 2.44 bits per heavy atom. The number of hydrogen-bond acceptors (Lipinski definition) is 5. The topological polar surface area (TPSA) is 104 Å². The molecule has 2 rings (SSSR count). The van der Waals surface area contributed by atoms with Crippen molar-refractivity contribution >= 4 is 21.4 Å². The quantitative estimate of drug-likeness (QED) is 0.552. The predicted molar refractivity (Wildman–Crippen MR) is 103 cm³/mol. The Kier molecular flexibility index (Phi) is 5.86. The van der Waals surface area contributed by atoms with E-state index >= 15 is 0 Å². The number of benzene rings is 2. The molecule has 2 aromatic rings. The zero-order valence-corrected chi connectivity index (χ0v) is 16.4. The van der Waals surface area contributed by atoms with Crippen LogP contribution in [0.25, 0.3) is 0 Å². The van der Waals surface area contributed by atoms with Crippen LogP contribution in [0.4, 0.5) is 11.4 Å². The van der Waals surface area contributed by atoms with Gasteiger partial charge in [0, 0.05) is 13.1 Å². The minimum atomic E-state index is -4.15. The van der Waals surface area contributed by atoms with Crippen molar-refractivity contribution in [2.75, 3.05) is 11.4 Å². The zero-order chi connectivity index (χ0) is 20.4. The van der Waals surface area contributed by atoms with Crippen molar-refractivity contribution in [1.82, 2.24) is 0 Å². The first-order valence-corrected chi connectivity index (χ1v) is 9.78. The third-order valence-electron chi connectivity index (χ3n) is 4.50. The van der Waals surface area contributed by atoms with Gasteiger partial charge < -0.3 is 0 Å². The molecule has 2 aromatic carbocycles. The van der Waals surface area contributed by atoms with Crippen LogP contribution >= 0.6 is 0 Å². The number of rotatable bonds is 6. The Morgan fingerprint density at radius 2 is 1.89 bits per heavy atom.